The lowest BCUT2D eigenvalue weighted by Gasteiger charge is -2.27. The molecule has 6 nitrogen and oxygen atoms in total. The van der Waals surface area contributed by atoms with Gasteiger partial charge in [-0.25, -0.2) is 4.79 Å². The minimum absolute atomic E-state index is 0.144. The van der Waals surface area contributed by atoms with Gasteiger partial charge < -0.3 is 19.7 Å². The van der Waals surface area contributed by atoms with Crippen LogP contribution in [0.5, 0.6) is 0 Å². The SMILES string of the molecule is Cc1ccc(N(CCCl)CCBr)cc1C(CNC(=O)OC(C)(C)C)CC(=O)OC(C)(C)C. The van der Waals surface area contributed by atoms with E-state index in [0.29, 0.717) is 12.4 Å². The van der Waals surface area contributed by atoms with E-state index in [1.807, 2.05) is 54.5 Å². The number of nitrogens with zero attached hydrogens (tertiary/aromatic N) is 1. The number of carbonyl (C=O) groups excluding carboxylic acids is 2. The summed E-state index contributed by atoms with van der Waals surface area (Å²) in [5, 5.41) is 3.64. The van der Waals surface area contributed by atoms with Crippen molar-refractivity contribution in [1.82, 2.24) is 5.32 Å². The molecular weight excluding hydrogens is 496 g/mol. The van der Waals surface area contributed by atoms with Gasteiger partial charge in [-0.05, 0) is 71.7 Å². The summed E-state index contributed by atoms with van der Waals surface area (Å²) in [5.74, 6) is -0.0620. The van der Waals surface area contributed by atoms with Crippen molar-refractivity contribution in [2.24, 2.45) is 0 Å². The number of ether oxygens (including phenoxy) is 2. The highest BCUT2D eigenvalue weighted by atomic mass is 79.9. The molecule has 0 fully saturated rings. The molecule has 1 aromatic rings. The Kier molecular flexibility index (Phi) is 11.3. The van der Waals surface area contributed by atoms with Crippen molar-refractivity contribution in [2.75, 3.05) is 35.7 Å². The van der Waals surface area contributed by atoms with Crippen molar-refractivity contribution in [2.45, 2.75) is 72.0 Å². The number of aryl methyl sites for hydroxylation is 1. The van der Waals surface area contributed by atoms with Crippen molar-refractivity contribution >= 4 is 45.3 Å². The number of halogens is 2. The van der Waals surface area contributed by atoms with Crippen LogP contribution in [0.4, 0.5) is 10.5 Å². The molecule has 0 heterocycles. The van der Waals surface area contributed by atoms with Crippen molar-refractivity contribution < 1.29 is 19.1 Å². The van der Waals surface area contributed by atoms with Crippen LogP contribution in [0.1, 0.15) is 65.0 Å². The summed E-state index contributed by atoms with van der Waals surface area (Å²) in [5.41, 5.74) is 1.87. The Hall–Kier alpha value is -1.47. The van der Waals surface area contributed by atoms with Crippen LogP contribution in [-0.2, 0) is 14.3 Å². The maximum atomic E-state index is 12.7. The van der Waals surface area contributed by atoms with Crippen molar-refractivity contribution in [1.29, 1.82) is 0 Å². The predicted octanol–water partition coefficient (Wildman–Crippen LogP) is 5.78. The molecule has 0 radical (unpaired) electrons. The molecule has 1 unspecified atom stereocenters. The van der Waals surface area contributed by atoms with Gasteiger partial charge in [0.2, 0.25) is 0 Å². The van der Waals surface area contributed by atoms with Gasteiger partial charge in [-0.1, -0.05) is 22.0 Å². The highest BCUT2D eigenvalue weighted by molar-refractivity contribution is 9.09. The van der Waals surface area contributed by atoms with Crippen LogP contribution in [0.15, 0.2) is 18.2 Å². The van der Waals surface area contributed by atoms with Gasteiger partial charge in [0.1, 0.15) is 11.2 Å². The summed E-state index contributed by atoms with van der Waals surface area (Å²) in [6.07, 6.45) is -0.366. The molecule has 0 aliphatic carbocycles. The minimum Gasteiger partial charge on any atom is -0.460 e. The second kappa shape index (κ2) is 12.7. The molecule has 0 bridgehead atoms. The monoisotopic (exact) mass is 532 g/mol. The first-order valence-electron chi connectivity index (χ1n) is 10.9. The van der Waals surface area contributed by atoms with Gasteiger partial charge in [-0.2, -0.15) is 0 Å². The Morgan fingerprint density at radius 2 is 1.72 bits per heavy atom. The van der Waals surface area contributed by atoms with Gasteiger partial charge in [-0.3, -0.25) is 4.79 Å². The van der Waals surface area contributed by atoms with Crippen LogP contribution < -0.4 is 10.2 Å². The summed E-state index contributed by atoms with van der Waals surface area (Å²) < 4.78 is 10.9. The fourth-order valence-electron chi connectivity index (χ4n) is 3.24. The lowest BCUT2D eigenvalue weighted by atomic mass is 9.91. The van der Waals surface area contributed by atoms with Crippen LogP contribution >= 0.6 is 27.5 Å². The molecule has 0 aliphatic heterocycles. The van der Waals surface area contributed by atoms with Crippen molar-refractivity contribution in [3.63, 3.8) is 0 Å². The van der Waals surface area contributed by atoms with Gasteiger partial charge in [0.05, 0.1) is 6.42 Å². The number of rotatable bonds is 10. The molecule has 0 saturated carbocycles. The summed E-state index contributed by atoms with van der Waals surface area (Å²) in [7, 11) is 0. The van der Waals surface area contributed by atoms with E-state index in [-0.39, 0.29) is 24.9 Å². The zero-order valence-corrected chi connectivity index (χ0v) is 22.7. The van der Waals surface area contributed by atoms with Gasteiger partial charge >= 0.3 is 12.1 Å². The number of hydrogen-bond donors (Lipinski definition) is 1. The van der Waals surface area contributed by atoms with E-state index in [4.69, 9.17) is 21.1 Å². The molecule has 1 rings (SSSR count). The zero-order chi connectivity index (χ0) is 24.5. The number of alkyl halides is 2. The molecule has 0 spiro atoms. The number of alkyl carbamates (subject to hydrolysis) is 1. The van der Waals surface area contributed by atoms with Crippen LogP contribution in [0.25, 0.3) is 0 Å². The first-order chi connectivity index (χ1) is 14.8. The van der Waals surface area contributed by atoms with Crippen molar-refractivity contribution in [3.8, 4) is 0 Å². The van der Waals surface area contributed by atoms with Gasteiger partial charge in [0.15, 0.2) is 0 Å². The number of benzene rings is 1. The molecule has 1 aromatic carbocycles. The molecule has 1 N–H and O–H groups in total. The Labute approximate surface area is 206 Å². The highest BCUT2D eigenvalue weighted by Crippen LogP contribution is 2.29. The average Bonchev–Trinajstić information content (AvgIpc) is 2.62. The highest BCUT2D eigenvalue weighted by Gasteiger charge is 2.25. The number of nitrogens with one attached hydrogen (secondary N) is 1. The lowest BCUT2D eigenvalue weighted by Crippen LogP contribution is -2.36. The summed E-state index contributed by atoms with van der Waals surface area (Å²) in [6, 6.07) is 6.17. The van der Waals surface area contributed by atoms with E-state index < -0.39 is 17.3 Å². The van der Waals surface area contributed by atoms with Gasteiger partial charge in [0, 0.05) is 42.4 Å². The predicted molar refractivity (Wildman–Crippen MR) is 135 cm³/mol. The van der Waals surface area contributed by atoms with E-state index in [1.54, 1.807) is 0 Å². The molecule has 0 aliphatic rings. The second-order valence-electron chi connectivity index (χ2n) is 9.78. The fraction of sp³-hybridized carbons (Fsp3) is 0.667. The molecule has 1 amide bonds. The minimum atomic E-state index is -0.599. The number of amides is 1. The molecular formula is C24H38BrClN2O4. The Morgan fingerprint density at radius 3 is 2.25 bits per heavy atom. The third-order valence-electron chi connectivity index (χ3n) is 4.50. The molecule has 8 heteroatoms. The molecule has 182 valence electrons. The Bertz CT molecular complexity index is 753. The first-order valence-corrected chi connectivity index (χ1v) is 12.6. The Morgan fingerprint density at radius 1 is 1.09 bits per heavy atom. The molecule has 32 heavy (non-hydrogen) atoms. The smallest absolute Gasteiger partial charge is 0.407 e. The average molecular weight is 534 g/mol. The normalized spacial score (nSPS) is 12.8. The van der Waals surface area contributed by atoms with E-state index in [1.165, 1.54) is 0 Å². The van der Waals surface area contributed by atoms with Crippen LogP contribution in [0.2, 0.25) is 0 Å². The maximum Gasteiger partial charge on any atom is 0.407 e. The standard InChI is InChI=1S/C24H38BrClN2O4/c1-17-8-9-19(28(12-10-25)13-11-26)15-20(17)18(14-21(29)31-23(2,3)4)16-27-22(30)32-24(5,6)7/h8-9,15,18H,10-14,16H2,1-7H3,(H,27,30). The van der Waals surface area contributed by atoms with Gasteiger partial charge in [0.25, 0.3) is 0 Å². The van der Waals surface area contributed by atoms with Crippen LogP contribution in [0, 0.1) is 6.92 Å². The Balaban J connectivity index is 3.19. The number of carbonyl (C=O) groups is 2. The van der Waals surface area contributed by atoms with E-state index in [0.717, 1.165) is 28.7 Å². The first kappa shape index (κ1) is 28.6. The third kappa shape index (κ3) is 10.9. The maximum absolute atomic E-state index is 12.7. The van der Waals surface area contributed by atoms with E-state index in [9.17, 15) is 9.59 Å². The second-order valence-corrected chi connectivity index (χ2v) is 10.9. The topological polar surface area (TPSA) is 67.9 Å². The van der Waals surface area contributed by atoms with Crippen LogP contribution in [0.3, 0.4) is 0 Å². The summed E-state index contributed by atoms with van der Waals surface area (Å²) >= 11 is 9.50. The van der Waals surface area contributed by atoms with Gasteiger partial charge in [-0.15, -0.1) is 11.6 Å². The summed E-state index contributed by atoms with van der Waals surface area (Å²) in [6.45, 7) is 14.7. The molecule has 0 aromatic heterocycles. The van der Waals surface area contributed by atoms with E-state index >= 15 is 0 Å². The number of hydrogen-bond acceptors (Lipinski definition) is 5. The summed E-state index contributed by atoms with van der Waals surface area (Å²) in [4.78, 5) is 27.1. The number of esters is 1. The zero-order valence-electron chi connectivity index (χ0n) is 20.4. The fourth-order valence-corrected chi connectivity index (χ4v) is 3.87. The number of anilines is 1. The third-order valence-corrected chi connectivity index (χ3v) is 5.03. The largest absolute Gasteiger partial charge is 0.460 e. The van der Waals surface area contributed by atoms with Crippen molar-refractivity contribution in [3.05, 3.63) is 29.3 Å². The molecule has 1 atom stereocenters. The quantitative estimate of drug-likeness (QED) is 0.305. The lowest BCUT2D eigenvalue weighted by molar-refractivity contribution is -0.155. The molecule has 0 saturated heterocycles. The van der Waals surface area contributed by atoms with Crippen LogP contribution in [-0.4, -0.2) is 54.1 Å². The van der Waals surface area contributed by atoms with E-state index in [2.05, 4.69) is 38.3 Å².